The van der Waals surface area contributed by atoms with Crippen molar-refractivity contribution in [2.75, 3.05) is 27.9 Å². The maximum absolute atomic E-state index is 13.1. The van der Waals surface area contributed by atoms with Crippen LogP contribution in [0.1, 0.15) is 34.8 Å². The van der Waals surface area contributed by atoms with Crippen LogP contribution in [-0.2, 0) is 39.8 Å². The van der Waals surface area contributed by atoms with Gasteiger partial charge < -0.3 is 19.1 Å². The van der Waals surface area contributed by atoms with E-state index in [-0.39, 0.29) is 18.5 Å². The molecule has 2 aromatic carbocycles. The zero-order chi connectivity index (χ0) is 26.7. The monoisotopic (exact) mass is 495 g/mol. The van der Waals surface area contributed by atoms with E-state index in [1.165, 1.54) is 46.5 Å². The molecule has 2 rings (SSSR count). The number of benzene rings is 2. The predicted octanol–water partition coefficient (Wildman–Crippen LogP) is 2.62. The Bertz CT molecular complexity index is 1120. The molecule has 190 valence electrons. The molecule has 0 aromatic heterocycles. The van der Waals surface area contributed by atoms with Crippen LogP contribution in [0.5, 0.6) is 0 Å². The van der Waals surface area contributed by atoms with Gasteiger partial charge in [0.15, 0.2) is 0 Å². The minimum absolute atomic E-state index is 0.0576. The van der Waals surface area contributed by atoms with Crippen molar-refractivity contribution in [2.45, 2.75) is 25.8 Å². The molecular formula is C27H29NO8. The van der Waals surface area contributed by atoms with E-state index in [4.69, 9.17) is 9.47 Å². The molecule has 0 fully saturated rings. The Morgan fingerprint density at radius 2 is 1.50 bits per heavy atom. The zero-order valence-corrected chi connectivity index (χ0v) is 20.7. The van der Waals surface area contributed by atoms with Crippen molar-refractivity contribution < 1.29 is 38.2 Å². The smallest absolute Gasteiger partial charge is 0.337 e. The van der Waals surface area contributed by atoms with E-state index >= 15 is 0 Å². The number of hydrogen-bond acceptors (Lipinski definition) is 8. The second-order valence-corrected chi connectivity index (χ2v) is 7.90. The lowest BCUT2D eigenvalue weighted by atomic mass is 10.0. The third kappa shape index (κ3) is 7.90. The van der Waals surface area contributed by atoms with Gasteiger partial charge in [-0.15, -0.1) is 0 Å². The van der Waals surface area contributed by atoms with Gasteiger partial charge in [0.2, 0.25) is 5.91 Å². The fourth-order valence-electron chi connectivity index (χ4n) is 3.50. The van der Waals surface area contributed by atoms with Crippen LogP contribution in [0.3, 0.4) is 0 Å². The van der Waals surface area contributed by atoms with Gasteiger partial charge in [0.25, 0.3) is 0 Å². The standard InChI is InChI=1S/C27H29NO8/c1-18(29)14-24(30)28(23(27(33)36-4)16-19-8-6-5-7-9-19)17-22(26(32)35-3)15-20-10-12-21(13-11-20)25(31)34-2/h5-13,15,23H,14,16-17H2,1-4H3. The summed E-state index contributed by atoms with van der Waals surface area (Å²) in [5.41, 5.74) is 1.68. The molecule has 0 radical (unpaired) electrons. The van der Waals surface area contributed by atoms with Crippen molar-refractivity contribution in [1.82, 2.24) is 4.90 Å². The highest BCUT2D eigenvalue weighted by Gasteiger charge is 2.33. The highest BCUT2D eigenvalue weighted by Crippen LogP contribution is 2.18. The maximum atomic E-state index is 13.1. The number of carbonyl (C=O) groups excluding carboxylic acids is 5. The van der Waals surface area contributed by atoms with Gasteiger partial charge in [0.1, 0.15) is 11.8 Å². The van der Waals surface area contributed by atoms with Crippen LogP contribution in [0.2, 0.25) is 0 Å². The average Bonchev–Trinajstić information content (AvgIpc) is 2.89. The summed E-state index contributed by atoms with van der Waals surface area (Å²) in [6.45, 7) is 0.949. The Balaban J connectivity index is 2.50. The molecule has 36 heavy (non-hydrogen) atoms. The third-order valence-corrected chi connectivity index (χ3v) is 5.30. The van der Waals surface area contributed by atoms with Crippen LogP contribution < -0.4 is 0 Å². The molecule has 0 N–H and O–H groups in total. The molecule has 0 bridgehead atoms. The number of carbonyl (C=O) groups is 5. The molecule has 0 aliphatic rings. The number of esters is 3. The van der Waals surface area contributed by atoms with Crippen molar-refractivity contribution in [3.05, 3.63) is 76.9 Å². The molecule has 1 atom stereocenters. The van der Waals surface area contributed by atoms with Gasteiger partial charge >= 0.3 is 17.9 Å². The second kappa shape index (κ2) is 13.6. The number of amides is 1. The van der Waals surface area contributed by atoms with Gasteiger partial charge in [-0.3, -0.25) is 9.59 Å². The number of methoxy groups -OCH3 is 3. The number of ether oxygens (including phenoxy) is 3. The molecule has 1 amide bonds. The van der Waals surface area contributed by atoms with Gasteiger partial charge in [-0.25, -0.2) is 14.4 Å². The lowest BCUT2D eigenvalue weighted by Crippen LogP contribution is -2.48. The van der Waals surface area contributed by atoms with Gasteiger partial charge in [-0.05, 0) is 36.3 Å². The van der Waals surface area contributed by atoms with Crippen molar-refractivity contribution >= 4 is 35.7 Å². The van der Waals surface area contributed by atoms with Crippen LogP contribution in [0.25, 0.3) is 6.08 Å². The number of hydrogen-bond donors (Lipinski definition) is 0. The normalized spacial score (nSPS) is 11.7. The Kier molecular flexibility index (Phi) is 10.5. The average molecular weight is 496 g/mol. The molecular weight excluding hydrogens is 466 g/mol. The van der Waals surface area contributed by atoms with Crippen LogP contribution in [-0.4, -0.2) is 68.4 Å². The fourth-order valence-corrected chi connectivity index (χ4v) is 3.50. The summed E-state index contributed by atoms with van der Waals surface area (Å²) in [6, 6.07) is 14.1. The van der Waals surface area contributed by atoms with E-state index in [1.807, 2.05) is 6.07 Å². The molecule has 0 saturated heterocycles. The topological polar surface area (TPSA) is 116 Å². The Morgan fingerprint density at radius 1 is 0.861 bits per heavy atom. The first-order valence-electron chi connectivity index (χ1n) is 11.1. The van der Waals surface area contributed by atoms with Crippen molar-refractivity contribution in [3.63, 3.8) is 0 Å². The van der Waals surface area contributed by atoms with Crippen LogP contribution in [0, 0.1) is 0 Å². The first-order valence-corrected chi connectivity index (χ1v) is 11.1. The maximum Gasteiger partial charge on any atom is 0.337 e. The highest BCUT2D eigenvalue weighted by molar-refractivity contribution is 6.00. The first-order chi connectivity index (χ1) is 17.2. The first kappa shape index (κ1) is 28.0. The number of Topliss-reactive ketones (excluding diaryl/α,β-unsaturated/α-hetero) is 1. The molecule has 0 spiro atoms. The zero-order valence-electron chi connectivity index (χ0n) is 20.7. The molecule has 9 nitrogen and oxygen atoms in total. The van der Waals surface area contributed by atoms with E-state index in [0.29, 0.717) is 11.1 Å². The minimum Gasteiger partial charge on any atom is -0.467 e. The molecule has 0 aliphatic heterocycles. The minimum atomic E-state index is -1.10. The molecule has 1 unspecified atom stereocenters. The van der Waals surface area contributed by atoms with Gasteiger partial charge in [0.05, 0.1) is 45.4 Å². The van der Waals surface area contributed by atoms with Crippen molar-refractivity contribution in [3.8, 4) is 0 Å². The second-order valence-electron chi connectivity index (χ2n) is 7.90. The molecule has 0 saturated carbocycles. The summed E-state index contributed by atoms with van der Waals surface area (Å²) < 4.78 is 14.6. The number of rotatable bonds is 11. The number of ketones is 1. The summed E-state index contributed by atoms with van der Waals surface area (Å²) in [4.78, 5) is 63.2. The Hall–Kier alpha value is -4.27. The highest BCUT2D eigenvalue weighted by atomic mass is 16.5. The molecule has 0 heterocycles. The quantitative estimate of drug-likeness (QED) is 0.202. The summed E-state index contributed by atoms with van der Waals surface area (Å²) in [6.07, 6.45) is 1.14. The summed E-state index contributed by atoms with van der Waals surface area (Å²) in [5, 5.41) is 0. The SMILES string of the molecule is COC(=O)C(=Cc1ccc(C(=O)OC)cc1)CN(C(=O)CC(C)=O)C(Cc1ccccc1)C(=O)OC. The van der Waals surface area contributed by atoms with Crippen molar-refractivity contribution in [2.24, 2.45) is 0 Å². The molecule has 0 aliphatic carbocycles. The summed E-state index contributed by atoms with van der Waals surface area (Å²) in [5.74, 6) is -2.96. The number of nitrogens with zero attached hydrogens (tertiary/aromatic N) is 1. The van der Waals surface area contributed by atoms with E-state index in [9.17, 15) is 24.0 Å². The van der Waals surface area contributed by atoms with Gasteiger partial charge in [0, 0.05) is 6.42 Å². The lowest BCUT2D eigenvalue weighted by molar-refractivity contribution is -0.153. The van der Waals surface area contributed by atoms with Crippen LogP contribution in [0.15, 0.2) is 60.2 Å². The summed E-state index contributed by atoms with van der Waals surface area (Å²) in [7, 11) is 3.67. The van der Waals surface area contributed by atoms with E-state index in [1.54, 1.807) is 36.4 Å². The Morgan fingerprint density at radius 3 is 2.03 bits per heavy atom. The van der Waals surface area contributed by atoms with Crippen LogP contribution >= 0.6 is 0 Å². The van der Waals surface area contributed by atoms with Gasteiger partial charge in [-0.1, -0.05) is 42.5 Å². The largest absolute Gasteiger partial charge is 0.467 e. The lowest BCUT2D eigenvalue weighted by Gasteiger charge is -2.30. The van der Waals surface area contributed by atoms with E-state index < -0.39 is 42.1 Å². The van der Waals surface area contributed by atoms with E-state index in [0.717, 1.165) is 10.5 Å². The van der Waals surface area contributed by atoms with Gasteiger partial charge in [-0.2, -0.15) is 0 Å². The predicted molar refractivity (Wildman–Crippen MR) is 131 cm³/mol. The Labute approximate surface area is 209 Å². The molecule has 9 heteroatoms. The molecule has 2 aromatic rings. The van der Waals surface area contributed by atoms with E-state index in [2.05, 4.69) is 4.74 Å². The van der Waals surface area contributed by atoms with Crippen molar-refractivity contribution in [1.29, 1.82) is 0 Å². The fraction of sp³-hybridized carbons (Fsp3) is 0.296. The summed E-state index contributed by atoms with van der Waals surface area (Å²) >= 11 is 0. The third-order valence-electron chi connectivity index (χ3n) is 5.30. The van der Waals surface area contributed by atoms with Crippen LogP contribution in [0.4, 0.5) is 0 Å².